The van der Waals surface area contributed by atoms with Crippen LogP contribution in [0.25, 0.3) is 6.08 Å². The first-order valence-corrected chi connectivity index (χ1v) is 9.65. The highest BCUT2D eigenvalue weighted by Gasteiger charge is 2.33. The van der Waals surface area contributed by atoms with E-state index in [1.54, 1.807) is 6.07 Å². The van der Waals surface area contributed by atoms with Crippen molar-refractivity contribution in [2.45, 2.75) is 53.4 Å². The molecule has 1 heterocycles. The number of hydrogen-bond acceptors (Lipinski definition) is 3. The molecular formula is C23H25F3N2O2. The quantitative estimate of drug-likeness (QED) is 0.323. The first kappa shape index (κ1) is 23.3. The minimum absolute atomic E-state index is 0.164. The normalized spacial score (nSPS) is 12.2. The minimum atomic E-state index is -4.55. The molecule has 0 unspecified atom stereocenters. The van der Waals surface area contributed by atoms with Crippen LogP contribution in [0, 0.1) is 31.1 Å². The Kier molecular flexibility index (Phi) is 7.49. The average Bonchev–Trinajstić information content (AvgIpc) is 2.94. The van der Waals surface area contributed by atoms with Crippen molar-refractivity contribution in [3.05, 3.63) is 64.0 Å². The predicted molar refractivity (Wildman–Crippen MR) is 108 cm³/mol. The summed E-state index contributed by atoms with van der Waals surface area (Å²) in [6.45, 7) is 8.37. The molecule has 0 amide bonds. The Bertz CT molecular complexity index is 979. The second kappa shape index (κ2) is 9.66. The molecule has 2 aromatic rings. The van der Waals surface area contributed by atoms with E-state index in [2.05, 4.69) is 18.4 Å². The molecule has 0 radical (unpaired) electrons. The van der Waals surface area contributed by atoms with E-state index in [0.717, 1.165) is 30.4 Å². The van der Waals surface area contributed by atoms with E-state index in [-0.39, 0.29) is 11.1 Å². The number of nitriles is 1. The fraction of sp³-hybridized carbons (Fsp3) is 0.391. The molecule has 2 rings (SSSR count). The Balaban J connectivity index is 2.19. The number of halogens is 3. The van der Waals surface area contributed by atoms with Crippen LogP contribution in [-0.2, 0) is 28.9 Å². The fourth-order valence-corrected chi connectivity index (χ4v) is 3.14. The third-order valence-electron chi connectivity index (χ3n) is 4.86. The maximum Gasteiger partial charge on any atom is 0.416 e. The predicted octanol–water partition coefficient (Wildman–Crippen LogP) is 5.82. The lowest BCUT2D eigenvalue weighted by atomic mass is 10.1. The largest absolute Gasteiger partial charge is 0.457 e. The molecule has 0 aliphatic heterocycles. The number of aryl methyl sites for hydroxylation is 1. The minimum Gasteiger partial charge on any atom is -0.457 e. The molecule has 0 saturated carbocycles. The van der Waals surface area contributed by atoms with Gasteiger partial charge in [-0.15, -0.1) is 0 Å². The van der Waals surface area contributed by atoms with Crippen molar-refractivity contribution < 1.29 is 22.7 Å². The molecule has 7 heteroatoms. The van der Waals surface area contributed by atoms with E-state index in [4.69, 9.17) is 4.74 Å². The van der Waals surface area contributed by atoms with Crippen LogP contribution in [0.5, 0.6) is 0 Å². The topological polar surface area (TPSA) is 55.0 Å². The molecule has 160 valence electrons. The number of esters is 1. The Hall–Kier alpha value is -3.01. The van der Waals surface area contributed by atoms with E-state index in [9.17, 15) is 23.2 Å². The monoisotopic (exact) mass is 418 g/mol. The number of aromatic nitrogens is 1. The molecule has 0 aliphatic carbocycles. The lowest BCUT2D eigenvalue weighted by Crippen LogP contribution is -2.12. The molecule has 0 atom stereocenters. The number of alkyl halides is 3. The summed E-state index contributed by atoms with van der Waals surface area (Å²) < 4.78 is 46.4. The SMILES string of the molecule is Cc1cc(/C=C(\C#N)C(=O)OCc2ccccc2C(F)(F)F)c(C)n1CCC(C)C. The van der Waals surface area contributed by atoms with Crippen molar-refractivity contribution in [1.82, 2.24) is 4.57 Å². The van der Waals surface area contributed by atoms with Gasteiger partial charge in [-0.1, -0.05) is 32.0 Å². The summed E-state index contributed by atoms with van der Waals surface area (Å²) in [4.78, 5) is 12.3. The second-order valence-electron chi connectivity index (χ2n) is 7.56. The zero-order valence-electron chi connectivity index (χ0n) is 17.5. The number of rotatable bonds is 7. The summed E-state index contributed by atoms with van der Waals surface area (Å²) in [6.07, 6.45) is -2.14. The van der Waals surface area contributed by atoms with E-state index < -0.39 is 24.3 Å². The number of carbonyl (C=O) groups is 1. The van der Waals surface area contributed by atoms with Gasteiger partial charge in [0.15, 0.2) is 0 Å². The van der Waals surface area contributed by atoms with Gasteiger partial charge in [0.1, 0.15) is 18.2 Å². The Morgan fingerprint density at radius 1 is 1.27 bits per heavy atom. The molecule has 0 bridgehead atoms. The molecule has 1 aromatic carbocycles. The lowest BCUT2D eigenvalue weighted by molar-refractivity contribution is -0.144. The van der Waals surface area contributed by atoms with Gasteiger partial charge in [0.25, 0.3) is 0 Å². The van der Waals surface area contributed by atoms with Crippen LogP contribution in [-0.4, -0.2) is 10.5 Å². The van der Waals surface area contributed by atoms with Crippen LogP contribution in [0.3, 0.4) is 0 Å². The Morgan fingerprint density at radius 3 is 2.53 bits per heavy atom. The van der Waals surface area contributed by atoms with Crippen LogP contribution in [0.2, 0.25) is 0 Å². The highest BCUT2D eigenvalue weighted by Crippen LogP contribution is 2.32. The van der Waals surface area contributed by atoms with Crippen molar-refractivity contribution in [3.63, 3.8) is 0 Å². The molecule has 1 aromatic heterocycles. The number of ether oxygens (including phenoxy) is 1. The zero-order chi connectivity index (χ0) is 22.5. The van der Waals surface area contributed by atoms with Gasteiger partial charge < -0.3 is 9.30 Å². The third kappa shape index (κ3) is 5.76. The molecule has 0 saturated heterocycles. The van der Waals surface area contributed by atoms with Crippen LogP contribution in [0.15, 0.2) is 35.9 Å². The van der Waals surface area contributed by atoms with Crippen LogP contribution < -0.4 is 0 Å². The Labute approximate surface area is 174 Å². The van der Waals surface area contributed by atoms with E-state index >= 15 is 0 Å². The number of benzene rings is 1. The van der Waals surface area contributed by atoms with Gasteiger partial charge in [-0.05, 0) is 50.0 Å². The molecule has 0 spiro atoms. The van der Waals surface area contributed by atoms with Crippen LogP contribution in [0.4, 0.5) is 13.2 Å². The molecule has 30 heavy (non-hydrogen) atoms. The third-order valence-corrected chi connectivity index (χ3v) is 4.86. The highest BCUT2D eigenvalue weighted by atomic mass is 19.4. The van der Waals surface area contributed by atoms with E-state index in [1.807, 2.05) is 19.9 Å². The average molecular weight is 418 g/mol. The summed E-state index contributed by atoms with van der Waals surface area (Å²) in [5.41, 5.74) is 1.33. The van der Waals surface area contributed by atoms with Gasteiger partial charge in [0.05, 0.1) is 5.56 Å². The number of nitrogens with zero attached hydrogens (tertiary/aromatic N) is 2. The number of carbonyl (C=O) groups excluding carboxylic acids is 1. The van der Waals surface area contributed by atoms with Gasteiger partial charge >= 0.3 is 12.1 Å². The lowest BCUT2D eigenvalue weighted by Gasteiger charge is -2.12. The van der Waals surface area contributed by atoms with Crippen molar-refractivity contribution >= 4 is 12.0 Å². The van der Waals surface area contributed by atoms with Crippen LogP contribution in [0.1, 0.15) is 48.3 Å². The van der Waals surface area contributed by atoms with Gasteiger partial charge in [-0.2, -0.15) is 18.4 Å². The Morgan fingerprint density at radius 2 is 1.93 bits per heavy atom. The summed E-state index contributed by atoms with van der Waals surface area (Å²) in [5.74, 6) is -0.420. The zero-order valence-corrected chi connectivity index (χ0v) is 17.5. The smallest absolute Gasteiger partial charge is 0.416 e. The second-order valence-corrected chi connectivity index (χ2v) is 7.56. The maximum absolute atomic E-state index is 13.1. The summed E-state index contributed by atoms with van der Waals surface area (Å²) >= 11 is 0. The molecule has 0 aliphatic rings. The maximum atomic E-state index is 13.1. The first-order valence-electron chi connectivity index (χ1n) is 9.65. The summed E-state index contributed by atoms with van der Waals surface area (Å²) in [6, 6.07) is 8.54. The molecule has 0 N–H and O–H groups in total. The molecule has 0 fully saturated rings. The van der Waals surface area contributed by atoms with Crippen molar-refractivity contribution in [3.8, 4) is 6.07 Å². The van der Waals surface area contributed by atoms with Gasteiger partial charge in [-0.3, -0.25) is 0 Å². The standard InChI is InChI=1S/C23H25F3N2O2/c1-15(2)9-10-28-16(3)11-19(17(28)4)12-20(13-27)22(29)30-14-18-7-5-6-8-21(18)23(24,25)26/h5-8,11-12,15H,9-10,14H2,1-4H3/b20-12+. The highest BCUT2D eigenvalue weighted by molar-refractivity contribution is 5.98. The summed E-state index contributed by atoms with van der Waals surface area (Å²) in [5, 5.41) is 9.38. The fourth-order valence-electron chi connectivity index (χ4n) is 3.14. The van der Waals surface area contributed by atoms with Crippen LogP contribution >= 0.6 is 0 Å². The van der Waals surface area contributed by atoms with E-state index in [1.165, 1.54) is 24.3 Å². The first-order chi connectivity index (χ1) is 14.0. The van der Waals surface area contributed by atoms with Crippen molar-refractivity contribution in [2.75, 3.05) is 0 Å². The van der Waals surface area contributed by atoms with Gasteiger partial charge in [0.2, 0.25) is 0 Å². The van der Waals surface area contributed by atoms with Gasteiger partial charge in [0, 0.05) is 23.5 Å². The molecular weight excluding hydrogens is 393 g/mol. The van der Waals surface area contributed by atoms with Crippen molar-refractivity contribution in [1.29, 1.82) is 5.26 Å². The summed E-state index contributed by atoms with van der Waals surface area (Å²) in [7, 11) is 0. The van der Waals surface area contributed by atoms with E-state index in [0.29, 0.717) is 11.5 Å². The van der Waals surface area contributed by atoms with Crippen molar-refractivity contribution in [2.24, 2.45) is 5.92 Å². The molecule has 4 nitrogen and oxygen atoms in total. The number of hydrogen-bond donors (Lipinski definition) is 0. The van der Waals surface area contributed by atoms with Gasteiger partial charge in [-0.25, -0.2) is 4.79 Å².